The standard InChI is InChI=1S/C13H20ClN3/c1-10(2)8-17(11-5-3-4-6-11)13-7-12(14)15-9-16-13/h7,9-11H,3-6,8H2,1-2H3. The first kappa shape index (κ1) is 12.6. The summed E-state index contributed by atoms with van der Waals surface area (Å²) in [7, 11) is 0. The first-order chi connectivity index (χ1) is 8.16. The van der Waals surface area contributed by atoms with Gasteiger partial charge in [-0.2, -0.15) is 0 Å². The Balaban J connectivity index is 2.19. The van der Waals surface area contributed by atoms with E-state index in [1.165, 1.54) is 25.7 Å². The molecule has 0 spiro atoms. The first-order valence-electron chi connectivity index (χ1n) is 6.41. The predicted molar refractivity (Wildman–Crippen MR) is 71.5 cm³/mol. The monoisotopic (exact) mass is 253 g/mol. The van der Waals surface area contributed by atoms with Gasteiger partial charge >= 0.3 is 0 Å². The van der Waals surface area contributed by atoms with E-state index in [-0.39, 0.29) is 0 Å². The third kappa shape index (κ3) is 3.32. The van der Waals surface area contributed by atoms with Crippen molar-refractivity contribution in [3.63, 3.8) is 0 Å². The van der Waals surface area contributed by atoms with E-state index in [0.717, 1.165) is 12.4 Å². The van der Waals surface area contributed by atoms with Crippen molar-refractivity contribution in [2.45, 2.75) is 45.6 Å². The van der Waals surface area contributed by atoms with Crippen molar-refractivity contribution in [1.82, 2.24) is 9.97 Å². The van der Waals surface area contributed by atoms with E-state index in [1.54, 1.807) is 6.33 Å². The molecule has 0 radical (unpaired) electrons. The molecule has 1 aromatic heterocycles. The molecular formula is C13H20ClN3. The minimum absolute atomic E-state index is 0.529. The molecule has 2 rings (SSSR count). The average molecular weight is 254 g/mol. The zero-order chi connectivity index (χ0) is 12.3. The molecule has 1 aromatic rings. The average Bonchev–Trinajstić information content (AvgIpc) is 2.79. The van der Waals surface area contributed by atoms with E-state index in [1.807, 2.05) is 6.07 Å². The third-order valence-electron chi connectivity index (χ3n) is 3.24. The molecule has 0 saturated heterocycles. The molecular weight excluding hydrogens is 234 g/mol. The third-order valence-corrected chi connectivity index (χ3v) is 3.45. The van der Waals surface area contributed by atoms with Crippen LogP contribution in [-0.2, 0) is 0 Å². The quantitative estimate of drug-likeness (QED) is 0.769. The van der Waals surface area contributed by atoms with Gasteiger partial charge in [0.25, 0.3) is 0 Å². The smallest absolute Gasteiger partial charge is 0.134 e. The number of hydrogen-bond donors (Lipinski definition) is 0. The minimum Gasteiger partial charge on any atom is -0.353 e. The first-order valence-corrected chi connectivity index (χ1v) is 6.79. The summed E-state index contributed by atoms with van der Waals surface area (Å²) in [5, 5.41) is 0.529. The van der Waals surface area contributed by atoms with Gasteiger partial charge in [-0.1, -0.05) is 38.3 Å². The second-order valence-electron chi connectivity index (χ2n) is 5.18. The van der Waals surface area contributed by atoms with Crippen molar-refractivity contribution in [2.75, 3.05) is 11.4 Å². The lowest BCUT2D eigenvalue weighted by Gasteiger charge is -2.31. The van der Waals surface area contributed by atoms with Gasteiger partial charge < -0.3 is 4.90 Å². The molecule has 1 fully saturated rings. The maximum absolute atomic E-state index is 5.95. The topological polar surface area (TPSA) is 29.0 Å². The van der Waals surface area contributed by atoms with Crippen LogP contribution >= 0.6 is 11.6 Å². The molecule has 1 heterocycles. The number of halogens is 1. The van der Waals surface area contributed by atoms with Crippen molar-refractivity contribution in [2.24, 2.45) is 5.92 Å². The van der Waals surface area contributed by atoms with Gasteiger partial charge in [-0.3, -0.25) is 0 Å². The number of anilines is 1. The highest BCUT2D eigenvalue weighted by Gasteiger charge is 2.24. The fraction of sp³-hybridized carbons (Fsp3) is 0.692. The van der Waals surface area contributed by atoms with Gasteiger partial charge in [-0.25, -0.2) is 9.97 Å². The normalized spacial score (nSPS) is 16.7. The van der Waals surface area contributed by atoms with Crippen molar-refractivity contribution in [1.29, 1.82) is 0 Å². The Bertz CT molecular complexity index is 361. The summed E-state index contributed by atoms with van der Waals surface area (Å²) in [5.41, 5.74) is 0. The van der Waals surface area contributed by atoms with Crippen LogP contribution in [0, 0.1) is 5.92 Å². The summed E-state index contributed by atoms with van der Waals surface area (Å²) in [6, 6.07) is 2.51. The molecule has 1 aliphatic rings. The van der Waals surface area contributed by atoms with E-state index in [0.29, 0.717) is 17.1 Å². The van der Waals surface area contributed by atoms with Crippen molar-refractivity contribution in [3.05, 3.63) is 17.5 Å². The minimum atomic E-state index is 0.529. The van der Waals surface area contributed by atoms with Crippen LogP contribution in [0.2, 0.25) is 5.15 Å². The Kier molecular flexibility index (Phi) is 4.21. The molecule has 0 atom stereocenters. The number of hydrogen-bond acceptors (Lipinski definition) is 3. The Morgan fingerprint density at radius 1 is 1.35 bits per heavy atom. The number of nitrogens with zero attached hydrogens (tertiary/aromatic N) is 3. The molecule has 17 heavy (non-hydrogen) atoms. The van der Waals surface area contributed by atoms with E-state index in [2.05, 4.69) is 28.7 Å². The van der Waals surface area contributed by atoms with Gasteiger partial charge in [0.1, 0.15) is 17.3 Å². The molecule has 0 unspecified atom stereocenters. The van der Waals surface area contributed by atoms with E-state index in [4.69, 9.17) is 11.6 Å². The summed E-state index contributed by atoms with van der Waals surface area (Å²) in [6.07, 6.45) is 6.76. The van der Waals surface area contributed by atoms with Crippen LogP contribution in [0.25, 0.3) is 0 Å². The largest absolute Gasteiger partial charge is 0.353 e. The van der Waals surface area contributed by atoms with E-state index in [9.17, 15) is 0 Å². The fourth-order valence-electron chi connectivity index (χ4n) is 2.52. The van der Waals surface area contributed by atoms with Crippen molar-refractivity contribution >= 4 is 17.4 Å². The van der Waals surface area contributed by atoms with E-state index >= 15 is 0 Å². The number of aromatic nitrogens is 2. The lowest BCUT2D eigenvalue weighted by molar-refractivity contribution is 0.531. The van der Waals surface area contributed by atoms with Gasteiger partial charge in [0.15, 0.2) is 0 Å². The molecule has 0 aromatic carbocycles. The molecule has 1 aliphatic carbocycles. The van der Waals surface area contributed by atoms with Crippen LogP contribution in [0.5, 0.6) is 0 Å². The highest BCUT2D eigenvalue weighted by atomic mass is 35.5. The predicted octanol–water partition coefficient (Wildman–Crippen LogP) is 3.54. The molecule has 4 heteroatoms. The van der Waals surface area contributed by atoms with Gasteiger partial charge in [0.2, 0.25) is 0 Å². The molecule has 0 aliphatic heterocycles. The SMILES string of the molecule is CC(C)CN(c1cc(Cl)ncn1)C1CCCC1. The second kappa shape index (κ2) is 5.67. The van der Waals surface area contributed by atoms with Crippen LogP contribution in [-0.4, -0.2) is 22.6 Å². The van der Waals surface area contributed by atoms with Crippen LogP contribution in [0.15, 0.2) is 12.4 Å². The summed E-state index contributed by atoms with van der Waals surface area (Å²) in [5.74, 6) is 1.61. The fourth-order valence-corrected chi connectivity index (χ4v) is 2.66. The van der Waals surface area contributed by atoms with Gasteiger partial charge in [-0.15, -0.1) is 0 Å². The Hall–Kier alpha value is -0.830. The highest BCUT2D eigenvalue weighted by molar-refractivity contribution is 6.29. The zero-order valence-corrected chi connectivity index (χ0v) is 11.3. The van der Waals surface area contributed by atoms with E-state index < -0.39 is 0 Å². The molecule has 0 N–H and O–H groups in total. The zero-order valence-electron chi connectivity index (χ0n) is 10.6. The summed E-state index contributed by atoms with van der Waals surface area (Å²) < 4.78 is 0. The van der Waals surface area contributed by atoms with Crippen molar-refractivity contribution in [3.8, 4) is 0 Å². The van der Waals surface area contributed by atoms with Crippen LogP contribution in [0.1, 0.15) is 39.5 Å². The molecule has 0 bridgehead atoms. The van der Waals surface area contributed by atoms with Gasteiger partial charge in [0.05, 0.1) is 0 Å². The lowest BCUT2D eigenvalue weighted by Crippen LogP contribution is -2.36. The molecule has 1 saturated carbocycles. The number of rotatable bonds is 4. The van der Waals surface area contributed by atoms with Crippen LogP contribution < -0.4 is 4.90 Å². The Labute approximate surface area is 108 Å². The summed E-state index contributed by atoms with van der Waals surface area (Å²) in [6.45, 7) is 5.52. The van der Waals surface area contributed by atoms with Crippen LogP contribution in [0.4, 0.5) is 5.82 Å². The Morgan fingerprint density at radius 3 is 2.65 bits per heavy atom. The maximum Gasteiger partial charge on any atom is 0.134 e. The Morgan fingerprint density at radius 2 is 2.06 bits per heavy atom. The van der Waals surface area contributed by atoms with Gasteiger partial charge in [0, 0.05) is 18.7 Å². The maximum atomic E-state index is 5.95. The highest BCUT2D eigenvalue weighted by Crippen LogP contribution is 2.28. The summed E-state index contributed by atoms with van der Waals surface area (Å²) in [4.78, 5) is 10.7. The van der Waals surface area contributed by atoms with Crippen LogP contribution in [0.3, 0.4) is 0 Å². The molecule has 94 valence electrons. The molecule has 3 nitrogen and oxygen atoms in total. The summed E-state index contributed by atoms with van der Waals surface area (Å²) >= 11 is 5.95. The van der Waals surface area contributed by atoms with Crippen molar-refractivity contribution < 1.29 is 0 Å². The van der Waals surface area contributed by atoms with Gasteiger partial charge in [-0.05, 0) is 18.8 Å². The molecule has 0 amide bonds. The lowest BCUT2D eigenvalue weighted by atomic mass is 10.1. The second-order valence-corrected chi connectivity index (χ2v) is 5.57.